The third-order valence-corrected chi connectivity index (χ3v) is 9.87. The van der Waals surface area contributed by atoms with E-state index in [-0.39, 0.29) is 23.9 Å². The molecule has 2 saturated heterocycles. The molecule has 3 aromatic carbocycles. The van der Waals surface area contributed by atoms with Gasteiger partial charge in [0.25, 0.3) is 5.91 Å². The first-order valence-corrected chi connectivity index (χ1v) is 16.3. The van der Waals surface area contributed by atoms with Crippen LogP contribution in [0, 0.1) is 25.7 Å². The molecule has 3 unspecified atom stereocenters. The van der Waals surface area contributed by atoms with Crippen molar-refractivity contribution < 1.29 is 32.7 Å². The number of benzene rings is 3. The number of carbonyl (C=O) groups is 3. The van der Waals surface area contributed by atoms with Crippen LogP contribution in [-0.4, -0.2) is 89.6 Å². The number of halogens is 3. The zero-order valence-electron chi connectivity index (χ0n) is 27.5. The number of aryl methyl sites for hydroxylation is 2. The van der Waals surface area contributed by atoms with E-state index >= 15 is 0 Å². The highest BCUT2D eigenvalue weighted by Crippen LogP contribution is 2.38. The van der Waals surface area contributed by atoms with Gasteiger partial charge in [-0.05, 0) is 73.4 Å². The van der Waals surface area contributed by atoms with Crippen LogP contribution in [-0.2, 0) is 22.6 Å². The second-order valence-electron chi connectivity index (χ2n) is 13.2. The number of likely N-dealkylation sites (tertiary alicyclic amines) is 2. The predicted molar refractivity (Wildman–Crippen MR) is 176 cm³/mol. The number of hydrogen-bond acceptors (Lipinski definition) is 5. The Morgan fingerprint density at radius 3 is 2.00 bits per heavy atom. The van der Waals surface area contributed by atoms with Gasteiger partial charge in [-0.25, -0.2) is 4.79 Å². The van der Waals surface area contributed by atoms with Gasteiger partial charge >= 0.3 is 12.1 Å². The summed E-state index contributed by atoms with van der Waals surface area (Å²) in [5, 5.41) is 10.4. The van der Waals surface area contributed by atoms with Crippen LogP contribution >= 0.6 is 0 Å². The van der Waals surface area contributed by atoms with E-state index in [4.69, 9.17) is 9.90 Å². The molecule has 0 spiro atoms. The molecule has 0 radical (unpaired) electrons. The van der Waals surface area contributed by atoms with Gasteiger partial charge in [0.1, 0.15) is 0 Å². The molecule has 48 heavy (non-hydrogen) atoms. The van der Waals surface area contributed by atoms with Crippen LogP contribution in [0.1, 0.15) is 50.6 Å². The van der Waals surface area contributed by atoms with Crippen molar-refractivity contribution in [3.63, 3.8) is 0 Å². The van der Waals surface area contributed by atoms with Crippen molar-refractivity contribution in [2.45, 2.75) is 51.5 Å². The van der Waals surface area contributed by atoms with Gasteiger partial charge in [0.2, 0.25) is 5.91 Å². The van der Waals surface area contributed by atoms with Crippen LogP contribution in [0.3, 0.4) is 0 Å². The van der Waals surface area contributed by atoms with E-state index in [0.29, 0.717) is 18.4 Å². The van der Waals surface area contributed by atoms with Gasteiger partial charge in [-0.15, -0.1) is 0 Å². The SMILES string of the molecule is Cc1cccc(C)c1C(=O)N1CC2CN([C@@H](CCNC(=O)C3Cc4ccccc4CN3C)c3ccccc3)CC2C1.O=C(O)C(F)(F)F. The van der Waals surface area contributed by atoms with E-state index in [1.165, 1.54) is 16.7 Å². The van der Waals surface area contributed by atoms with E-state index in [1.54, 1.807) is 0 Å². The summed E-state index contributed by atoms with van der Waals surface area (Å²) in [6, 6.07) is 25.4. The fourth-order valence-electron chi connectivity index (χ4n) is 7.39. The van der Waals surface area contributed by atoms with Crippen molar-refractivity contribution in [3.8, 4) is 0 Å². The first kappa shape index (κ1) is 35.1. The first-order chi connectivity index (χ1) is 22.8. The summed E-state index contributed by atoms with van der Waals surface area (Å²) < 4.78 is 31.7. The Morgan fingerprint density at radius 2 is 1.42 bits per heavy atom. The number of carbonyl (C=O) groups excluding carboxylic acids is 2. The lowest BCUT2D eigenvalue weighted by Crippen LogP contribution is -2.49. The smallest absolute Gasteiger partial charge is 0.475 e. The molecule has 0 aromatic heterocycles. The monoisotopic (exact) mass is 664 g/mol. The molecule has 3 aliphatic rings. The number of aliphatic carboxylic acids is 1. The van der Waals surface area contributed by atoms with Crippen LogP contribution in [0.4, 0.5) is 13.2 Å². The van der Waals surface area contributed by atoms with Crippen molar-refractivity contribution in [2.24, 2.45) is 11.8 Å². The van der Waals surface area contributed by atoms with E-state index in [2.05, 4.69) is 74.6 Å². The molecule has 11 heteroatoms. The molecule has 3 aromatic rings. The number of amides is 2. The summed E-state index contributed by atoms with van der Waals surface area (Å²) in [4.78, 5) is 42.5. The number of fused-ring (bicyclic) bond motifs is 2. The van der Waals surface area contributed by atoms with Crippen molar-refractivity contribution in [1.29, 1.82) is 0 Å². The molecule has 2 amide bonds. The van der Waals surface area contributed by atoms with Crippen molar-refractivity contribution in [1.82, 2.24) is 20.0 Å². The van der Waals surface area contributed by atoms with Gasteiger partial charge < -0.3 is 15.3 Å². The Morgan fingerprint density at radius 1 is 0.854 bits per heavy atom. The summed E-state index contributed by atoms with van der Waals surface area (Å²) in [7, 11) is 2.05. The number of hydrogen-bond donors (Lipinski definition) is 2. The molecule has 8 nitrogen and oxygen atoms in total. The lowest BCUT2D eigenvalue weighted by atomic mass is 9.94. The van der Waals surface area contributed by atoms with Crippen LogP contribution in [0.5, 0.6) is 0 Å². The molecule has 0 saturated carbocycles. The summed E-state index contributed by atoms with van der Waals surface area (Å²) in [6.45, 7) is 9.13. The number of likely N-dealkylation sites (N-methyl/N-ethyl adjacent to an activating group) is 1. The van der Waals surface area contributed by atoms with E-state index in [1.807, 2.05) is 39.1 Å². The van der Waals surface area contributed by atoms with Gasteiger partial charge in [-0.2, -0.15) is 13.2 Å². The Labute approximate surface area is 279 Å². The van der Waals surface area contributed by atoms with E-state index < -0.39 is 12.1 Å². The molecule has 2 N–H and O–H groups in total. The van der Waals surface area contributed by atoms with Gasteiger partial charge in [-0.3, -0.25) is 19.4 Å². The summed E-state index contributed by atoms with van der Waals surface area (Å²) in [6.07, 6.45) is -3.46. The minimum absolute atomic E-state index is 0.118. The maximum atomic E-state index is 13.5. The Bertz CT molecular complexity index is 1580. The average Bonchev–Trinajstić information content (AvgIpc) is 3.63. The molecule has 0 aliphatic carbocycles. The molecule has 3 heterocycles. The van der Waals surface area contributed by atoms with Crippen LogP contribution in [0.25, 0.3) is 0 Å². The second-order valence-corrected chi connectivity index (χ2v) is 13.2. The largest absolute Gasteiger partial charge is 0.490 e. The second kappa shape index (κ2) is 14.9. The molecular formula is C37H43F3N4O4. The highest BCUT2D eigenvalue weighted by atomic mass is 19.4. The molecular weight excluding hydrogens is 621 g/mol. The first-order valence-electron chi connectivity index (χ1n) is 16.3. The fourth-order valence-corrected chi connectivity index (χ4v) is 7.39. The van der Waals surface area contributed by atoms with Gasteiger partial charge in [-0.1, -0.05) is 72.8 Å². The zero-order chi connectivity index (χ0) is 34.6. The van der Waals surface area contributed by atoms with Crippen molar-refractivity contribution in [2.75, 3.05) is 39.8 Å². The number of carboxylic acids is 1. The normalized spacial score (nSPS) is 21.5. The van der Waals surface area contributed by atoms with Crippen molar-refractivity contribution in [3.05, 3.63) is 106 Å². The lowest BCUT2D eigenvalue weighted by molar-refractivity contribution is -0.192. The Hall–Kier alpha value is -4.22. The van der Waals surface area contributed by atoms with Gasteiger partial charge in [0.05, 0.1) is 6.04 Å². The van der Waals surface area contributed by atoms with Gasteiger partial charge in [0.15, 0.2) is 0 Å². The number of nitrogens with zero attached hydrogens (tertiary/aromatic N) is 3. The molecule has 4 atom stereocenters. The van der Waals surface area contributed by atoms with Crippen LogP contribution < -0.4 is 5.32 Å². The van der Waals surface area contributed by atoms with E-state index in [9.17, 15) is 22.8 Å². The van der Waals surface area contributed by atoms with E-state index in [0.717, 1.165) is 62.3 Å². The topological polar surface area (TPSA) is 93.2 Å². The van der Waals surface area contributed by atoms with Crippen LogP contribution in [0.15, 0.2) is 72.8 Å². The number of alkyl halides is 3. The average molecular weight is 665 g/mol. The predicted octanol–water partition coefficient (Wildman–Crippen LogP) is 5.24. The minimum Gasteiger partial charge on any atom is -0.475 e. The van der Waals surface area contributed by atoms with Crippen LogP contribution in [0.2, 0.25) is 0 Å². The lowest BCUT2D eigenvalue weighted by Gasteiger charge is -2.33. The van der Waals surface area contributed by atoms with Gasteiger partial charge in [0, 0.05) is 50.9 Å². The Kier molecular flexibility index (Phi) is 10.9. The molecule has 0 bridgehead atoms. The third-order valence-electron chi connectivity index (χ3n) is 9.87. The number of nitrogens with one attached hydrogen (secondary N) is 1. The molecule has 2 fully saturated rings. The highest BCUT2D eigenvalue weighted by Gasteiger charge is 2.44. The summed E-state index contributed by atoms with van der Waals surface area (Å²) in [5.41, 5.74) is 6.88. The number of carboxylic acid groups (broad SMARTS) is 1. The minimum atomic E-state index is -5.08. The number of rotatable bonds is 7. The maximum absolute atomic E-state index is 13.5. The standard InChI is InChI=1S/C35H42N4O2.C2HF3O2/c1-24-10-9-11-25(2)33(24)35(41)39-22-29-20-38(21-30(29)23-39)31(26-12-5-4-6-13-26)16-17-36-34(40)32-18-27-14-7-8-15-28(27)19-37(32)3;3-2(4,5)1(6)7/h4-15,29-32H,16-23H2,1-3H3,(H,36,40);(H,6,7)/t29?,30?,31-,32?;/m0./s1. The third kappa shape index (κ3) is 8.07. The maximum Gasteiger partial charge on any atom is 0.490 e. The molecule has 3 aliphatic heterocycles. The van der Waals surface area contributed by atoms with Crippen molar-refractivity contribution >= 4 is 17.8 Å². The quantitative estimate of drug-likeness (QED) is 0.359. The Balaban J connectivity index is 0.000000582. The molecule has 6 rings (SSSR count). The fraction of sp³-hybridized carbons (Fsp3) is 0.432. The summed E-state index contributed by atoms with van der Waals surface area (Å²) in [5.74, 6) is -1.49. The molecule has 256 valence electrons. The zero-order valence-corrected chi connectivity index (χ0v) is 27.5. The highest BCUT2D eigenvalue weighted by molar-refractivity contribution is 5.97. The summed E-state index contributed by atoms with van der Waals surface area (Å²) >= 11 is 0.